The molecule has 1 atom stereocenters. The van der Waals surface area contributed by atoms with E-state index in [-0.39, 0.29) is 6.04 Å². The summed E-state index contributed by atoms with van der Waals surface area (Å²) in [7, 11) is 6.39. The van der Waals surface area contributed by atoms with Gasteiger partial charge in [0.25, 0.3) is 0 Å². The maximum Gasteiger partial charge on any atom is 0.0785 e. The topological polar surface area (TPSA) is 65.1 Å². The summed E-state index contributed by atoms with van der Waals surface area (Å²) in [6.07, 6.45) is 8.69. The van der Waals surface area contributed by atoms with Crippen LogP contribution in [0.1, 0.15) is 20.3 Å². The van der Waals surface area contributed by atoms with Gasteiger partial charge in [-0.15, -0.1) is 0 Å². The summed E-state index contributed by atoms with van der Waals surface area (Å²) in [5, 5.41) is 10.6. The minimum atomic E-state index is 0.204. The molecule has 0 heterocycles. The van der Waals surface area contributed by atoms with E-state index in [1.165, 1.54) is 5.69 Å². The standard InChI is InChI=1S/2C8H12N2.C2H6.CH3F/c1-10(2)8-5-3-7(9)4-6-8;1-10-8-6-4-2-3-5-7(8)9;2*1-2/h3-6H,9H2,1-2H3;2-5,8-10H,6H2,1H3;1-2H3;1H3. The van der Waals surface area contributed by atoms with Crippen molar-refractivity contribution in [2.45, 2.75) is 26.3 Å². The van der Waals surface area contributed by atoms with Crippen molar-refractivity contribution in [1.29, 1.82) is 5.41 Å². The van der Waals surface area contributed by atoms with Crippen LogP contribution in [0.4, 0.5) is 15.8 Å². The van der Waals surface area contributed by atoms with Gasteiger partial charge in [-0.05, 0) is 43.8 Å². The first-order valence-electron chi connectivity index (χ1n) is 8.04. The predicted octanol–water partition coefficient (Wildman–Crippen LogP) is 4.06. The third kappa shape index (κ3) is 10.6. The number of nitrogens with one attached hydrogen (secondary N) is 2. The van der Waals surface area contributed by atoms with Gasteiger partial charge in [0.1, 0.15) is 0 Å². The Hall–Kier alpha value is -2.14. The molecule has 5 heteroatoms. The Morgan fingerprint density at radius 1 is 1.12 bits per heavy atom. The summed E-state index contributed by atoms with van der Waals surface area (Å²) in [4.78, 5) is 2.04. The molecule has 1 aromatic rings. The largest absolute Gasteiger partial charge is 0.399 e. The van der Waals surface area contributed by atoms with Crippen molar-refractivity contribution in [3.63, 3.8) is 0 Å². The fourth-order valence-corrected chi connectivity index (χ4v) is 1.74. The summed E-state index contributed by atoms with van der Waals surface area (Å²) in [5.41, 5.74) is 8.15. The average molecular weight is 336 g/mol. The normalized spacial score (nSPS) is 14.8. The molecule has 4 N–H and O–H groups in total. The van der Waals surface area contributed by atoms with E-state index in [9.17, 15) is 4.39 Å². The highest BCUT2D eigenvalue weighted by Gasteiger charge is 2.07. The molecular weight excluding hydrogens is 303 g/mol. The molecule has 0 saturated carbocycles. The third-order valence-electron chi connectivity index (χ3n) is 3.03. The first kappa shape index (κ1) is 24.1. The van der Waals surface area contributed by atoms with Crippen LogP contribution in [0, 0.1) is 5.41 Å². The van der Waals surface area contributed by atoms with Crippen molar-refractivity contribution < 1.29 is 4.39 Å². The zero-order chi connectivity index (χ0) is 19.0. The van der Waals surface area contributed by atoms with Gasteiger partial charge < -0.3 is 21.4 Å². The van der Waals surface area contributed by atoms with Crippen LogP contribution >= 0.6 is 0 Å². The smallest absolute Gasteiger partial charge is 0.0785 e. The summed E-state index contributed by atoms with van der Waals surface area (Å²) < 4.78 is 9.50. The molecule has 0 saturated heterocycles. The van der Waals surface area contributed by atoms with Crippen LogP contribution in [0.2, 0.25) is 0 Å². The molecule has 136 valence electrons. The highest BCUT2D eigenvalue weighted by Crippen LogP contribution is 2.12. The quantitative estimate of drug-likeness (QED) is 0.714. The van der Waals surface area contributed by atoms with Crippen LogP contribution in [0.15, 0.2) is 48.6 Å². The lowest BCUT2D eigenvalue weighted by Gasteiger charge is -2.11. The Morgan fingerprint density at radius 3 is 2.12 bits per heavy atom. The second-order valence-electron chi connectivity index (χ2n) is 4.81. The zero-order valence-electron chi connectivity index (χ0n) is 15.8. The maximum atomic E-state index is 9.50. The van der Waals surface area contributed by atoms with Crippen molar-refractivity contribution >= 4 is 17.1 Å². The molecule has 24 heavy (non-hydrogen) atoms. The van der Waals surface area contributed by atoms with Gasteiger partial charge in [-0.1, -0.05) is 32.1 Å². The third-order valence-corrected chi connectivity index (χ3v) is 3.03. The van der Waals surface area contributed by atoms with E-state index in [1.807, 2.05) is 82.4 Å². The van der Waals surface area contributed by atoms with Crippen LogP contribution < -0.4 is 16.0 Å². The molecule has 0 bridgehead atoms. The molecule has 1 aliphatic carbocycles. The summed E-state index contributed by atoms with van der Waals surface area (Å²) in [6, 6.07) is 7.99. The Morgan fingerprint density at radius 2 is 1.67 bits per heavy atom. The first-order chi connectivity index (χ1) is 11.5. The highest BCUT2D eigenvalue weighted by atomic mass is 19.1. The van der Waals surface area contributed by atoms with E-state index < -0.39 is 0 Å². The predicted molar refractivity (Wildman–Crippen MR) is 107 cm³/mol. The molecule has 4 nitrogen and oxygen atoms in total. The number of nitrogens with two attached hydrogens (primary N) is 1. The van der Waals surface area contributed by atoms with Crippen LogP contribution in [-0.2, 0) is 0 Å². The van der Waals surface area contributed by atoms with Gasteiger partial charge in [-0.25, -0.2) is 0 Å². The molecule has 0 radical (unpaired) electrons. The molecule has 0 fully saturated rings. The van der Waals surface area contributed by atoms with E-state index in [4.69, 9.17) is 11.1 Å². The monoisotopic (exact) mass is 336 g/mol. The van der Waals surface area contributed by atoms with Gasteiger partial charge >= 0.3 is 0 Å². The van der Waals surface area contributed by atoms with Crippen molar-refractivity contribution in [1.82, 2.24) is 5.32 Å². The van der Waals surface area contributed by atoms with Crippen LogP contribution in [0.5, 0.6) is 0 Å². The number of rotatable bonds is 2. The van der Waals surface area contributed by atoms with E-state index in [0.29, 0.717) is 12.9 Å². The van der Waals surface area contributed by atoms with Gasteiger partial charge in [-0.2, -0.15) is 0 Å². The lowest BCUT2D eigenvalue weighted by atomic mass is 10.1. The molecule has 0 aromatic heterocycles. The second-order valence-corrected chi connectivity index (χ2v) is 4.81. The Balaban J connectivity index is 0. The molecule has 0 aliphatic heterocycles. The van der Waals surface area contributed by atoms with Crippen molar-refractivity contribution in [2.24, 2.45) is 0 Å². The number of hydrogen-bond donors (Lipinski definition) is 3. The molecule has 1 unspecified atom stereocenters. The van der Waals surface area contributed by atoms with Crippen LogP contribution in [0.3, 0.4) is 0 Å². The number of halogens is 1. The Bertz CT molecular complexity index is 479. The van der Waals surface area contributed by atoms with Gasteiger partial charge in [-0.3, -0.25) is 4.39 Å². The summed E-state index contributed by atoms with van der Waals surface area (Å²) in [6.45, 7) is 4.00. The SMILES string of the molecule is CC.CF.CN(C)c1ccc(N)cc1.CNC1CC=CC=CC1=N. The number of nitrogen functional groups attached to an aromatic ring is 1. The zero-order valence-corrected chi connectivity index (χ0v) is 15.8. The number of benzene rings is 1. The summed E-state index contributed by atoms with van der Waals surface area (Å²) >= 11 is 0. The van der Waals surface area contributed by atoms with Gasteiger partial charge in [0.2, 0.25) is 0 Å². The van der Waals surface area contributed by atoms with Crippen molar-refractivity contribution in [2.75, 3.05) is 39.0 Å². The molecule has 0 amide bonds. The fourth-order valence-electron chi connectivity index (χ4n) is 1.74. The van der Waals surface area contributed by atoms with E-state index >= 15 is 0 Å². The molecule has 0 spiro atoms. The number of hydrogen-bond acceptors (Lipinski definition) is 4. The van der Waals surface area contributed by atoms with E-state index in [2.05, 4.69) is 11.4 Å². The van der Waals surface area contributed by atoms with Crippen LogP contribution in [-0.4, -0.2) is 40.1 Å². The summed E-state index contributed by atoms with van der Waals surface area (Å²) in [5.74, 6) is 0. The first-order valence-corrected chi connectivity index (χ1v) is 8.04. The number of nitrogens with zero attached hydrogens (tertiary/aromatic N) is 1. The van der Waals surface area contributed by atoms with Gasteiger partial charge in [0.15, 0.2) is 0 Å². The minimum Gasteiger partial charge on any atom is -0.399 e. The molecule has 1 aromatic carbocycles. The second kappa shape index (κ2) is 15.7. The lowest BCUT2D eigenvalue weighted by Crippen LogP contribution is -2.31. The fraction of sp³-hybridized carbons (Fsp3) is 0.421. The Kier molecular flexibility index (Phi) is 15.8. The van der Waals surface area contributed by atoms with Crippen molar-refractivity contribution in [3.8, 4) is 0 Å². The van der Waals surface area contributed by atoms with Crippen molar-refractivity contribution in [3.05, 3.63) is 48.6 Å². The molecule has 1 aliphatic rings. The van der Waals surface area contributed by atoms with E-state index in [0.717, 1.165) is 12.1 Å². The van der Waals surface area contributed by atoms with Crippen LogP contribution in [0.25, 0.3) is 0 Å². The number of anilines is 2. The van der Waals surface area contributed by atoms with Gasteiger partial charge in [0, 0.05) is 31.2 Å². The molecular formula is C19H33FN4. The number of allylic oxidation sites excluding steroid dienone is 2. The van der Waals surface area contributed by atoms with Gasteiger partial charge in [0.05, 0.1) is 13.2 Å². The van der Waals surface area contributed by atoms with E-state index in [1.54, 1.807) is 0 Å². The lowest BCUT2D eigenvalue weighted by molar-refractivity contribution is 0.636. The number of alkyl halides is 1. The Labute approximate surface area is 146 Å². The molecule has 2 rings (SSSR count). The average Bonchev–Trinajstić information content (AvgIpc) is 2.83. The highest BCUT2D eigenvalue weighted by molar-refractivity contribution is 5.97. The minimum absolute atomic E-state index is 0.204. The maximum absolute atomic E-state index is 9.50.